The van der Waals surface area contributed by atoms with E-state index in [1.165, 1.54) is 0 Å². The summed E-state index contributed by atoms with van der Waals surface area (Å²) in [6, 6.07) is 4.74. The van der Waals surface area contributed by atoms with Crippen molar-refractivity contribution in [2.24, 2.45) is 0 Å². The van der Waals surface area contributed by atoms with Gasteiger partial charge in [-0.3, -0.25) is 0 Å². The van der Waals surface area contributed by atoms with E-state index in [9.17, 15) is 4.79 Å². The van der Waals surface area contributed by atoms with Crippen LogP contribution in [0.5, 0.6) is 0 Å². The molecule has 0 unspecified atom stereocenters. The van der Waals surface area contributed by atoms with Crippen molar-refractivity contribution in [2.75, 3.05) is 0 Å². The smallest absolute Gasteiger partial charge is 0.357 e. The summed E-state index contributed by atoms with van der Waals surface area (Å²) in [7, 11) is 0. The molecular weight excluding hydrogens is 253 g/mol. The molecule has 1 heterocycles. The van der Waals surface area contributed by atoms with E-state index in [1.54, 1.807) is 18.2 Å². The highest BCUT2D eigenvalue weighted by Crippen LogP contribution is 2.26. The van der Waals surface area contributed by atoms with Crippen molar-refractivity contribution in [1.29, 1.82) is 0 Å². The summed E-state index contributed by atoms with van der Waals surface area (Å²) >= 11 is 11.6. The van der Waals surface area contributed by atoms with Gasteiger partial charge in [-0.15, -0.1) is 0 Å². The molecule has 2 aromatic rings. The Kier molecular flexibility index (Phi) is 2.85. The van der Waals surface area contributed by atoms with Crippen molar-refractivity contribution in [3.05, 3.63) is 40.2 Å². The highest BCUT2D eigenvalue weighted by Gasteiger charge is 2.12. The van der Waals surface area contributed by atoms with Gasteiger partial charge >= 0.3 is 5.97 Å². The summed E-state index contributed by atoms with van der Waals surface area (Å²) in [4.78, 5) is 14.4. The molecule has 0 fully saturated rings. The average Bonchev–Trinajstić information content (AvgIpc) is 2.64. The number of hydrogen-bond acceptors (Lipinski definition) is 3. The van der Waals surface area contributed by atoms with E-state index >= 15 is 0 Å². The fourth-order valence-electron chi connectivity index (χ4n) is 1.18. The Balaban J connectivity index is 2.46. The molecule has 1 N–H and O–H groups in total. The first kappa shape index (κ1) is 11.0. The van der Waals surface area contributed by atoms with Crippen LogP contribution in [-0.4, -0.2) is 16.1 Å². The zero-order valence-corrected chi connectivity index (χ0v) is 9.29. The summed E-state index contributed by atoms with van der Waals surface area (Å²) in [6.45, 7) is 0. The number of carbonyl (C=O) groups is 1. The van der Waals surface area contributed by atoms with Crippen molar-refractivity contribution in [3.63, 3.8) is 0 Å². The summed E-state index contributed by atoms with van der Waals surface area (Å²) in [5, 5.41) is 9.54. The van der Waals surface area contributed by atoms with Gasteiger partial charge in [-0.05, 0) is 18.2 Å². The number of aromatic nitrogens is 1. The van der Waals surface area contributed by atoms with Gasteiger partial charge in [0.15, 0.2) is 5.69 Å². The number of hydrogen-bond donors (Lipinski definition) is 1. The Morgan fingerprint density at radius 3 is 2.38 bits per heavy atom. The minimum Gasteiger partial charge on any atom is -0.476 e. The lowest BCUT2D eigenvalue weighted by Gasteiger charge is -1.97. The van der Waals surface area contributed by atoms with Gasteiger partial charge in [0.1, 0.15) is 6.26 Å². The molecule has 16 heavy (non-hydrogen) atoms. The molecule has 0 bridgehead atoms. The molecule has 0 saturated heterocycles. The average molecular weight is 258 g/mol. The van der Waals surface area contributed by atoms with Gasteiger partial charge < -0.3 is 9.52 Å². The van der Waals surface area contributed by atoms with Gasteiger partial charge in [-0.2, -0.15) is 0 Å². The maximum atomic E-state index is 10.6. The Bertz CT molecular complexity index is 530. The quantitative estimate of drug-likeness (QED) is 0.897. The van der Waals surface area contributed by atoms with E-state index in [4.69, 9.17) is 32.7 Å². The number of nitrogens with zero attached hydrogens (tertiary/aromatic N) is 1. The van der Waals surface area contributed by atoms with E-state index in [0.29, 0.717) is 15.6 Å². The summed E-state index contributed by atoms with van der Waals surface area (Å²) in [6.07, 6.45) is 1.06. The number of carboxylic acid groups (broad SMARTS) is 1. The van der Waals surface area contributed by atoms with Crippen LogP contribution in [0.4, 0.5) is 0 Å². The number of halogens is 2. The Morgan fingerprint density at radius 1 is 1.25 bits per heavy atom. The number of oxazole rings is 1. The lowest BCUT2D eigenvalue weighted by molar-refractivity contribution is 0.0690. The molecule has 0 atom stereocenters. The predicted octanol–water partition coefficient (Wildman–Crippen LogP) is 3.35. The molecule has 82 valence electrons. The third kappa shape index (κ3) is 2.18. The van der Waals surface area contributed by atoms with Crippen molar-refractivity contribution < 1.29 is 14.3 Å². The van der Waals surface area contributed by atoms with Crippen LogP contribution in [0.1, 0.15) is 10.5 Å². The fourth-order valence-corrected chi connectivity index (χ4v) is 1.71. The zero-order chi connectivity index (χ0) is 11.7. The van der Waals surface area contributed by atoms with Crippen LogP contribution in [0.15, 0.2) is 28.9 Å². The molecule has 0 radical (unpaired) electrons. The zero-order valence-electron chi connectivity index (χ0n) is 7.78. The van der Waals surface area contributed by atoms with E-state index in [0.717, 1.165) is 6.26 Å². The minimum absolute atomic E-state index is 0.161. The van der Waals surface area contributed by atoms with E-state index < -0.39 is 5.97 Å². The second-order valence-electron chi connectivity index (χ2n) is 3.00. The normalized spacial score (nSPS) is 10.4. The highest BCUT2D eigenvalue weighted by atomic mass is 35.5. The molecule has 6 heteroatoms. The van der Waals surface area contributed by atoms with Crippen LogP contribution in [-0.2, 0) is 0 Å². The first-order valence-electron chi connectivity index (χ1n) is 4.21. The van der Waals surface area contributed by atoms with Gasteiger partial charge in [0, 0.05) is 15.6 Å². The third-order valence-corrected chi connectivity index (χ3v) is 2.27. The largest absolute Gasteiger partial charge is 0.476 e. The van der Waals surface area contributed by atoms with Crippen molar-refractivity contribution >= 4 is 29.2 Å². The molecule has 0 aliphatic heterocycles. The molecule has 0 spiro atoms. The number of rotatable bonds is 2. The van der Waals surface area contributed by atoms with Crippen molar-refractivity contribution in [2.45, 2.75) is 0 Å². The van der Waals surface area contributed by atoms with Gasteiger partial charge in [0.05, 0.1) is 0 Å². The van der Waals surface area contributed by atoms with Crippen LogP contribution in [0, 0.1) is 0 Å². The SMILES string of the molecule is O=C(O)c1coc(-c2cc(Cl)cc(Cl)c2)n1. The lowest BCUT2D eigenvalue weighted by Crippen LogP contribution is -1.95. The molecular formula is C10H5Cl2NO3. The van der Waals surface area contributed by atoms with Crippen LogP contribution in [0.25, 0.3) is 11.5 Å². The molecule has 4 nitrogen and oxygen atoms in total. The Morgan fingerprint density at radius 2 is 1.88 bits per heavy atom. The third-order valence-electron chi connectivity index (χ3n) is 1.83. The molecule has 0 aliphatic carbocycles. The van der Waals surface area contributed by atoms with E-state index in [-0.39, 0.29) is 11.6 Å². The van der Waals surface area contributed by atoms with Gasteiger partial charge in [0.2, 0.25) is 5.89 Å². The standard InChI is InChI=1S/C10H5Cl2NO3/c11-6-1-5(2-7(12)3-6)9-13-8(4-16-9)10(14)15/h1-4H,(H,14,15). The topological polar surface area (TPSA) is 63.3 Å². The molecule has 2 rings (SSSR count). The van der Waals surface area contributed by atoms with Crippen molar-refractivity contribution in [1.82, 2.24) is 4.98 Å². The number of aromatic carboxylic acids is 1. The summed E-state index contributed by atoms with van der Waals surface area (Å²) in [5.74, 6) is -0.982. The molecule has 1 aromatic carbocycles. The summed E-state index contributed by atoms with van der Waals surface area (Å²) < 4.78 is 5.01. The predicted molar refractivity (Wildman–Crippen MR) is 58.9 cm³/mol. The minimum atomic E-state index is -1.15. The second kappa shape index (κ2) is 4.15. The Labute approximate surface area is 100 Å². The van der Waals surface area contributed by atoms with Gasteiger partial charge in [-0.25, -0.2) is 9.78 Å². The molecule has 0 saturated carbocycles. The highest BCUT2D eigenvalue weighted by molar-refractivity contribution is 6.35. The van der Waals surface area contributed by atoms with Crippen LogP contribution in [0.3, 0.4) is 0 Å². The summed E-state index contributed by atoms with van der Waals surface area (Å²) in [5.41, 5.74) is 0.371. The molecule has 0 amide bonds. The number of benzene rings is 1. The van der Waals surface area contributed by atoms with E-state index in [2.05, 4.69) is 4.98 Å². The first-order valence-corrected chi connectivity index (χ1v) is 4.97. The van der Waals surface area contributed by atoms with Crippen LogP contribution < -0.4 is 0 Å². The number of carboxylic acids is 1. The van der Waals surface area contributed by atoms with Crippen LogP contribution in [0.2, 0.25) is 10.0 Å². The van der Waals surface area contributed by atoms with Gasteiger partial charge in [-0.1, -0.05) is 23.2 Å². The first-order chi connectivity index (χ1) is 7.56. The maximum Gasteiger partial charge on any atom is 0.357 e. The second-order valence-corrected chi connectivity index (χ2v) is 3.87. The maximum absolute atomic E-state index is 10.6. The van der Waals surface area contributed by atoms with Gasteiger partial charge in [0.25, 0.3) is 0 Å². The van der Waals surface area contributed by atoms with Crippen molar-refractivity contribution in [3.8, 4) is 11.5 Å². The monoisotopic (exact) mass is 257 g/mol. The fraction of sp³-hybridized carbons (Fsp3) is 0. The molecule has 0 aliphatic rings. The molecule has 1 aromatic heterocycles. The van der Waals surface area contributed by atoms with Crippen LogP contribution >= 0.6 is 23.2 Å². The lowest BCUT2D eigenvalue weighted by atomic mass is 10.2. The Hall–Kier alpha value is -1.52. The van der Waals surface area contributed by atoms with E-state index in [1.807, 2.05) is 0 Å².